The molecule has 0 saturated heterocycles. The van der Waals surface area contributed by atoms with Crippen molar-refractivity contribution < 1.29 is 4.74 Å². The third-order valence-corrected chi connectivity index (χ3v) is 8.06. The van der Waals surface area contributed by atoms with Gasteiger partial charge in [-0.2, -0.15) is 4.98 Å². The minimum Gasteiger partial charge on any atom is -0.481 e. The van der Waals surface area contributed by atoms with Crippen LogP contribution in [0.4, 0.5) is 0 Å². The SMILES string of the molecule is COc1ccc2c[s+](Sc3nnc(-c4cccs4)s3)nc2n1. The Hall–Kier alpha value is -1.55. The van der Waals surface area contributed by atoms with Crippen LogP contribution in [0.3, 0.4) is 0 Å². The van der Waals surface area contributed by atoms with E-state index in [0.717, 1.165) is 25.3 Å². The Morgan fingerprint density at radius 1 is 1.23 bits per heavy atom. The lowest BCUT2D eigenvalue weighted by Gasteiger charge is -1.93. The molecular weight excluding hydrogens is 356 g/mol. The lowest BCUT2D eigenvalue weighted by atomic mass is 10.4. The first-order chi connectivity index (χ1) is 10.8. The minimum absolute atomic E-state index is 0.309. The van der Waals surface area contributed by atoms with Gasteiger partial charge in [-0.25, -0.2) is 0 Å². The van der Waals surface area contributed by atoms with E-state index in [1.807, 2.05) is 23.6 Å². The molecule has 1 unspecified atom stereocenters. The molecule has 22 heavy (non-hydrogen) atoms. The number of ether oxygens (including phenoxy) is 1. The van der Waals surface area contributed by atoms with E-state index in [-0.39, 0.29) is 9.70 Å². The van der Waals surface area contributed by atoms with Gasteiger partial charge in [0.05, 0.1) is 17.4 Å². The normalized spacial score (nSPS) is 12.0. The maximum atomic E-state index is 5.13. The summed E-state index contributed by atoms with van der Waals surface area (Å²) >= 11 is 3.27. The van der Waals surface area contributed by atoms with Crippen molar-refractivity contribution in [3.63, 3.8) is 0 Å². The molecule has 0 aliphatic heterocycles. The van der Waals surface area contributed by atoms with Crippen LogP contribution in [0.15, 0.2) is 39.4 Å². The summed E-state index contributed by atoms with van der Waals surface area (Å²) in [7, 11) is 2.91. The van der Waals surface area contributed by atoms with Crippen LogP contribution in [-0.4, -0.2) is 26.7 Å². The van der Waals surface area contributed by atoms with Gasteiger partial charge in [0.2, 0.25) is 26.7 Å². The third-order valence-electron chi connectivity index (χ3n) is 2.79. The zero-order chi connectivity index (χ0) is 14.9. The zero-order valence-electron chi connectivity index (χ0n) is 11.3. The average Bonchev–Trinajstić information content (AvgIpc) is 3.26. The molecule has 4 heterocycles. The first-order valence-electron chi connectivity index (χ1n) is 6.22. The maximum Gasteiger partial charge on any atom is 0.234 e. The van der Waals surface area contributed by atoms with Crippen molar-refractivity contribution in [3.8, 4) is 15.8 Å². The van der Waals surface area contributed by atoms with E-state index in [2.05, 4.69) is 31.0 Å². The molecule has 0 aliphatic rings. The molecule has 0 amide bonds. The second kappa shape index (κ2) is 5.92. The van der Waals surface area contributed by atoms with Crippen molar-refractivity contribution in [2.75, 3.05) is 7.11 Å². The Bertz CT molecular complexity index is 915. The lowest BCUT2D eigenvalue weighted by molar-refractivity contribution is 0.399. The number of hydrogen-bond donors (Lipinski definition) is 0. The summed E-state index contributed by atoms with van der Waals surface area (Å²) in [6, 6.07) is 7.91. The van der Waals surface area contributed by atoms with E-state index in [4.69, 9.17) is 4.74 Å². The number of hydrogen-bond acceptors (Lipinski definition) is 8. The van der Waals surface area contributed by atoms with Crippen molar-refractivity contribution >= 4 is 54.2 Å². The Labute approximate surface area is 140 Å². The average molecular weight is 366 g/mol. The van der Waals surface area contributed by atoms with E-state index in [9.17, 15) is 0 Å². The summed E-state index contributed by atoms with van der Waals surface area (Å²) in [5, 5.41) is 14.7. The van der Waals surface area contributed by atoms with Crippen LogP contribution < -0.4 is 4.74 Å². The van der Waals surface area contributed by atoms with E-state index >= 15 is 0 Å². The predicted molar refractivity (Wildman–Crippen MR) is 93.0 cm³/mol. The number of rotatable bonds is 4. The van der Waals surface area contributed by atoms with Crippen LogP contribution in [0.5, 0.6) is 5.88 Å². The standard InChI is InChI=1S/C13H9N4OS4/c1-18-10-5-4-8-7-22(17-11(8)14-10)21-13-16-15-12(20-13)9-3-2-6-19-9/h2-7H,1H3/q+1. The van der Waals surface area contributed by atoms with Gasteiger partial charge in [-0.15, -0.1) is 21.5 Å². The Morgan fingerprint density at radius 3 is 3.00 bits per heavy atom. The summed E-state index contributed by atoms with van der Waals surface area (Å²) in [6.45, 7) is 0. The van der Waals surface area contributed by atoms with Crippen molar-refractivity contribution in [3.05, 3.63) is 35.0 Å². The van der Waals surface area contributed by atoms with Crippen LogP contribution in [-0.2, 0) is 0 Å². The molecule has 0 N–H and O–H groups in total. The summed E-state index contributed by atoms with van der Waals surface area (Å²) in [4.78, 5) is 5.50. The number of thiophene rings is 1. The van der Waals surface area contributed by atoms with Gasteiger partial charge in [0, 0.05) is 6.07 Å². The molecule has 4 aromatic heterocycles. The van der Waals surface area contributed by atoms with Gasteiger partial charge in [-0.05, 0) is 21.9 Å². The molecule has 1 atom stereocenters. The largest absolute Gasteiger partial charge is 0.481 e. The van der Waals surface area contributed by atoms with Gasteiger partial charge in [0.15, 0.2) is 20.1 Å². The monoisotopic (exact) mass is 365 g/mol. The fourth-order valence-electron chi connectivity index (χ4n) is 1.80. The highest BCUT2D eigenvalue weighted by Crippen LogP contribution is 2.42. The molecule has 0 radical (unpaired) electrons. The van der Waals surface area contributed by atoms with Crippen LogP contribution in [0.2, 0.25) is 0 Å². The van der Waals surface area contributed by atoms with Gasteiger partial charge in [0.1, 0.15) is 0 Å². The number of fused-ring (bicyclic) bond motifs is 1. The van der Waals surface area contributed by atoms with Crippen LogP contribution >= 0.6 is 43.2 Å². The predicted octanol–water partition coefficient (Wildman–Crippen LogP) is 4.52. The minimum atomic E-state index is -0.309. The highest BCUT2D eigenvalue weighted by atomic mass is 33.1. The Kier molecular flexibility index (Phi) is 3.78. The Balaban J connectivity index is 1.60. The molecule has 0 aromatic carbocycles. The Morgan fingerprint density at radius 2 is 2.18 bits per heavy atom. The summed E-state index contributed by atoms with van der Waals surface area (Å²) in [5.74, 6) is 0.585. The molecule has 0 fully saturated rings. The maximum absolute atomic E-state index is 5.13. The van der Waals surface area contributed by atoms with Gasteiger partial charge < -0.3 is 4.74 Å². The molecule has 0 saturated carbocycles. The fourth-order valence-corrected chi connectivity index (χ4v) is 6.87. The molecule has 0 bridgehead atoms. The smallest absolute Gasteiger partial charge is 0.234 e. The molecule has 4 rings (SSSR count). The third kappa shape index (κ3) is 2.72. The second-order valence-electron chi connectivity index (χ2n) is 4.19. The van der Waals surface area contributed by atoms with E-state index in [1.54, 1.807) is 40.6 Å². The molecule has 110 valence electrons. The van der Waals surface area contributed by atoms with Crippen LogP contribution in [0, 0.1) is 0 Å². The van der Waals surface area contributed by atoms with E-state index < -0.39 is 0 Å². The van der Waals surface area contributed by atoms with Gasteiger partial charge in [-0.1, -0.05) is 17.4 Å². The fraction of sp³-hybridized carbons (Fsp3) is 0.0769. The number of pyridine rings is 1. The number of methoxy groups -OCH3 is 1. The zero-order valence-corrected chi connectivity index (χ0v) is 14.6. The van der Waals surface area contributed by atoms with E-state index in [1.165, 1.54) is 0 Å². The van der Waals surface area contributed by atoms with Crippen molar-refractivity contribution in [1.29, 1.82) is 0 Å². The highest BCUT2D eigenvalue weighted by molar-refractivity contribution is 8.45. The van der Waals surface area contributed by atoms with Crippen molar-refractivity contribution in [2.45, 2.75) is 4.34 Å². The van der Waals surface area contributed by atoms with Gasteiger partial charge >= 0.3 is 0 Å². The first kappa shape index (κ1) is 14.1. The summed E-state index contributed by atoms with van der Waals surface area (Å²) in [5.41, 5.74) is 0.734. The molecule has 0 aliphatic carbocycles. The molecular formula is C13H9N4OS4+. The molecule has 4 aromatic rings. The topological polar surface area (TPSA) is 60.8 Å². The molecule has 5 nitrogen and oxygen atoms in total. The van der Waals surface area contributed by atoms with Crippen molar-refractivity contribution in [1.82, 2.24) is 19.6 Å². The lowest BCUT2D eigenvalue weighted by Crippen LogP contribution is -1.86. The van der Waals surface area contributed by atoms with Crippen LogP contribution in [0.1, 0.15) is 0 Å². The quantitative estimate of drug-likeness (QED) is 0.391. The van der Waals surface area contributed by atoms with Crippen LogP contribution in [0.25, 0.3) is 20.9 Å². The van der Waals surface area contributed by atoms with E-state index in [0.29, 0.717) is 5.88 Å². The molecule has 9 heteroatoms. The number of aromatic nitrogens is 4. The number of nitrogens with zero attached hydrogens (tertiary/aromatic N) is 4. The first-order valence-corrected chi connectivity index (χ1v) is 10.5. The highest BCUT2D eigenvalue weighted by Gasteiger charge is 2.20. The summed E-state index contributed by atoms with van der Waals surface area (Å²) < 4.78 is 10.7. The van der Waals surface area contributed by atoms with Gasteiger partial charge in [-0.3, -0.25) is 0 Å². The van der Waals surface area contributed by atoms with Gasteiger partial charge in [0.25, 0.3) is 0 Å². The summed E-state index contributed by atoms with van der Waals surface area (Å²) in [6.07, 6.45) is 0. The second-order valence-corrected chi connectivity index (χ2v) is 9.42. The van der Waals surface area contributed by atoms with Crippen molar-refractivity contribution in [2.24, 2.45) is 0 Å². The molecule has 0 spiro atoms.